The molecule has 1 atom stereocenters. The molecule has 0 radical (unpaired) electrons. The average molecular weight is 193 g/mol. The lowest BCUT2D eigenvalue weighted by Crippen LogP contribution is -2.13. The summed E-state index contributed by atoms with van der Waals surface area (Å²) in [6.07, 6.45) is 1.35. The van der Waals surface area contributed by atoms with Crippen LogP contribution in [0.1, 0.15) is 24.3 Å². The Morgan fingerprint density at radius 3 is 2.50 bits per heavy atom. The minimum absolute atomic E-state index is 0.417. The Labute approximate surface area is 83.6 Å². The summed E-state index contributed by atoms with van der Waals surface area (Å²) < 4.78 is 0. The zero-order valence-corrected chi connectivity index (χ0v) is 8.02. The van der Waals surface area contributed by atoms with E-state index < -0.39 is 11.9 Å². The molecule has 0 aromatic heterocycles. The molecule has 0 saturated carbocycles. The zero-order chi connectivity index (χ0) is 10.4. The van der Waals surface area contributed by atoms with Crippen LogP contribution in [-0.2, 0) is 4.79 Å². The summed E-state index contributed by atoms with van der Waals surface area (Å²) in [6.45, 7) is 0.538. The van der Waals surface area contributed by atoms with Gasteiger partial charge in [0, 0.05) is 0 Å². The molecule has 0 aliphatic carbocycles. The van der Waals surface area contributed by atoms with E-state index in [0.717, 1.165) is 12.0 Å². The minimum atomic E-state index is -0.773. The lowest BCUT2D eigenvalue weighted by Gasteiger charge is -2.11. The summed E-state index contributed by atoms with van der Waals surface area (Å²) in [5, 5.41) is 9.01. The van der Waals surface area contributed by atoms with E-state index in [4.69, 9.17) is 10.8 Å². The topological polar surface area (TPSA) is 63.3 Å². The second-order valence-corrected chi connectivity index (χ2v) is 3.23. The van der Waals surface area contributed by atoms with Crippen molar-refractivity contribution >= 4 is 5.97 Å². The number of aliphatic carboxylic acids is 1. The molecular formula is C11H15NO2. The summed E-state index contributed by atoms with van der Waals surface area (Å²) in [5.41, 5.74) is 6.22. The van der Waals surface area contributed by atoms with Crippen LogP contribution in [0.25, 0.3) is 0 Å². The molecule has 3 heteroatoms. The van der Waals surface area contributed by atoms with Crippen molar-refractivity contribution in [2.24, 2.45) is 5.73 Å². The van der Waals surface area contributed by atoms with E-state index >= 15 is 0 Å². The number of carboxylic acid groups (broad SMARTS) is 1. The van der Waals surface area contributed by atoms with Crippen molar-refractivity contribution in [2.75, 3.05) is 6.54 Å². The van der Waals surface area contributed by atoms with Gasteiger partial charge in [0.05, 0.1) is 5.92 Å². The molecule has 0 heterocycles. The highest BCUT2D eigenvalue weighted by Gasteiger charge is 2.18. The SMILES string of the molecule is NCCC[C@@H](C(=O)O)c1ccccc1. The van der Waals surface area contributed by atoms with Crippen molar-refractivity contribution < 1.29 is 9.90 Å². The molecule has 1 aromatic rings. The van der Waals surface area contributed by atoms with Crippen LogP contribution in [0, 0.1) is 0 Å². The quantitative estimate of drug-likeness (QED) is 0.746. The second-order valence-electron chi connectivity index (χ2n) is 3.23. The van der Waals surface area contributed by atoms with Crippen LogP contribution in [0.3, 0.4) is 0 Å². The smallest absolute Gasteiger partial charge is 0.310 e. The molecule has 1 aromatic carbocycles. The monoisotopic (exact) mass is 193 g/mol. The van der Waals surface area contributed by atoms with Gasteiger partial charge in [-0.2, -0.15) is 0 Å². The third-order valence-electron chi connectivity index (χ3n) is 2.20. The standard InChI is InChI=1S/C11H15NO2/c12-8-4-7-10(11(13)14)9-5-2-1-3-6-9/h1-3,5-6,10H,4,7-8,12H2,(H,13,14)/t10-/m1/s1. The maximum absolute atomic E-state index is 11.0. The highest BCUT2D eigenvalue weighted by molar-refractivity contribution is 5.75. The maximum atomic E-state index is 11.0. The number of rotatable bonds is 5. The van der Waals surface area contributed by atoms with Gasteiger partial charge in [-0.15, -0.1) is 0 Å². The molecule has 14 heavy (non-hydrogen) atoms. The van der Waals surface area contributed by atoms with Crippen LogP contribution in [0.5, 0.6) is 0 Å². The van der Waals surface area contributed by atoms with E-state index in [0.29, 0.717) is 13.0 Å². The van der Waals surface area contributed by atoms with E-state index in [9.17, 15) is 4.79 Å². The molecule has 3 N–H and O–H groups in total. The molecule has 0 bridgehead atoms. The zero-order valence-electron chi connectivity index (χ0n) is 8.02. The van der Waals surface area contributed by atoms with Crippen molar-refractivity contribution in [3.8, 4) is 0 Å². The van der Waals surface area contributed by atoms with Crippen LogP contribution < -0.4 is 5.73 Å². The van der Waals surface area contributed by atoms with E-state index in [2.05, 4.69) is 0 Å². The third-order valence-corrected chi connectivity index (χ3v) is 2.20. The third kappa shape index (κ3) is 2.85. The molecule has 0 unspecified atom stereocenters. The Hall–Kier alpha value is -1.35. The number of nitrogens with two attached hydrogens (primary N) is 1. The summed E-state index contributed by atoms with van der Waals surface area (Å²) in [7, 11) is 0. The summed E-state index contributed by atoms with van der Waals surface area (Å²) in [4.78, 5) is 11.0. The predicted molar refractivity (Wildman–Crippen MR) is 55.1 cm³/mol. The Kier molecular flexibility index (Phi) is 4.13. The van der Waals surface area contributed by atoms with E-state index in [1.54, 1.807) is 0 Å². The summed E-state index contributed by atoms with van der Waals surface area (Å²) in [5.74, 6) is -1.19. The normalized spacial score (nSPS) is 12.4. The van der Waals surface area contributed by atoms with Gasteiger partial charge in [0.25, 0.3) is 0 Å². The maximum Gasteiger partial charge on any atom is 0.310 e. The van der Waals surface area contributed by atoms with Gasteiger partial charge in [0.2, 0.25) is 0 Å². The molecule has 1 rings (SSSR count). The fourth-order valence-electron chi connectivity index (χ4n) is 1.44. The van der Waals surface area contributed by atoms with Crippen LogP contribution in [0.2, 0.25) is 0 Å². The van der Waals surface area contributed by atoms with Crippen LogP contribution in [0.15, 0.2) is 30.3 Å². The van der Waals surface area contributed by atoms with Crippen LogP contribution >= 0.6 is 0 Å². The summed E-state index contributed by atoms with van der Waals surface area (Å²) in [6, 6.07) is 9.28. The first-order valence-corrected chi connectivity index (χ1v) is 4.73. The Balaban J connectivity index is 2.73. The summed E-state index contributed by atoms with van der Waals surface area (Å²) >= 11 is 0. The van der Waals surface area contributed by atoms with Gasteiger partial charge in [-0.25, -0.2) is 0 Å². The van der Waals surface area contributed by atoms with Crippen LogP contribution in [-0.4, -0.2) is 17.6 Å². The number of hydrogen-bond donors (Lipinski definition) is 2. The number of hydrogen-bond acceptors (Lipinski definition) is 2. The number of carbonyl (C=O) groups is 1. The van der Waals surface area contributed by atoms with E-state index in [-0.39, 0.29) is 0 Å². The van der Waals surface area contributed by atoms with Gasteiger partial charge in [-0.1, -0.05) is 30.3 Å². The van der Waals surface area contributed by atoms with Crippen molar-refractivity contribution in [1.82, 2.24) is 0 Å². The van der Waals surface area contributed by atoms with Crippen molar-refractivity contribution in [3.05, 3.63) is 35.9 Å². The predicted octanol–water partition coefficient (Wildman–Crippen LogP) is 1.59. The molecule has 0 amide bonds. The van der Waals surface area contributed by atoms with E-state index in [1.165, 1.54) is 0 Å². The average Bonchev–Trinajstić information content (AvgIpc) is 2.19. The van der Waals surface area contributed by atoms with Gasteiger partial charge >= 0.3 is 5.97 Å². The number of benzene rings is 1. The lowest BCUT2D eigenvalue weighted by atomic mass is 9.94. The van der Waals surface area contributed by atoms with Gasteiger partial charge in [0.15, 0.2) is 0 Å². The van der Waals surface area contributed by atoms with Crippen molar-refractivity contribution in [2.45, 2.75) is 18.8 Å². The Morgan fingerprint density at radius 1 is 1.36 bits per heavy atom. The van der Waals surface area contributed by atoms with Crippen molar-refractivity contribution in [1.29, 1.82) is 0 Å². The first kappa shape index (κ1) is 10.7. The Bertz CT molecular complexity index is 285. The van der Waals surface area contributed by atoms with Gasteiger partial charge < -0.3 is 10.8 Å². The molecule has 76 valence electrons. The first-order valence-electron chi connectivity index (χ1n) is 4.73. The molecule has 0 saturated heterocycles. The largest absolute Gasteiger partial charge is 0.481 e. The molecule has 0 aliphatic rings. The molecule has 0 fully saturated rings. The molecule has 3 nitrogen and oxygen atoms in total. The van der Waals surface area contributed by atoms with Crippen LogP contribution in [0.4, 0.5) is 0 Å². The van der Waals surface area contributed by atoms with Gasteiger partial charge in [0.1, 0.15) is 0 Å². The highest BCUT2D eigenvalue weighted by atomic mass is 16.4. The first-order chi connectivity index (χ1) is 6.75. The lowest BCUT2D eigenvalue weighted by molar-refractivity contribution is -0.139. The minimum Gasteiger partial charge on any atom is -0.481 e. The highest BCUT2D eigenvalue weighted by Crippen LogP contribution is 2.20. The second kappa shape index (κ2) is 5.40. The molecule has 0 aliphatic heterocycles. The Morgan fingerprint density at radius 2 is 2.00 bits per heavy atom. The van der Waals surface area contributed by atoms with E-state index in [1.807, 2.05) is 30.3 Å². The fourth-order valence-corrected chi connectivity index (χ4v) is 1.44. The van der Waals surface area contributed by atoms with Crippen molar-refractivity contribution in [3.63, 3.8) is 0 Å². The number of carboxylic acids is 1. The van der Waals surface area contributed by atoms with Gasteiger partial charge in [-0.05, 0) is 24.9 Å². The molecule has 0 spiro atoms. The molecular weight excluding hydrogens is 178 g/mol. The van der Waals surface area contributed by atoms with Gasteiger partial charge in [-0.3, -0.25) is 4.79 Å². The fraction of sp³-hybridized carbons (Fsp3) is 0.364.